The number of ketones is 1. The molecule has 0 radical (unpaired) electrons. The zero-order valence-corrected chi connectivity index (χ0v) is 8.76. The predicted octanol–water partition coefficient (Wildman–Crippen LogP) is 1.22. The Bertz CT molecular complexity index is 240. The van der Waals surface area contributed by atoms with Crippen molar-refractivity contribution < 1.29 is 9.59 Å². The lowest BCUT2D eigenvalue weighted by molar-refractivity contribution is -0.131. The van der Waals surface area contributed by atoms with E-state index >= 15 is 0 Å². The largest absolute Gasteiger partial charge is 0.337 e. The highest BCUT2D eigenvalue weighted by Crippen LogP contribution is 2.25. The topological polar surface area (TPSA) is 37.4 Å². The zero-order chi connectivity index (χ0) is 10.2. The lowest BCUT2D eigenvalue weighted by Gasteiger charge is -2.31. The number of Topliss-reactive ketones (excluding diaryl/α,β-unsaturated/α-hetero) is 1. The van der Waals surface area contributed by atoms with Crippen LogP contribution >= 0.6 is 0 Å². The molecule has 0 aromatic rings. The smallest absolute Gasteiger partial charge is 0.223 e. The second-order valence-electron chi connectivity index (χ2n) is 4.69. The average molecular weight is 183 g/mol. The summed E-state index contributed by atoms with van der Waals surface area (Å²) >= 11 is 0. The van der Waals surface area contributed by atoms with E-state index in [9.17, 15) is 9.59 Å². The van der Waals surface area contributed by atoms with Gasteiger partial charge in [-0.25, -0.2) is 0 Å². The summed E-state index contributed by atoms with van der Waals surface area (Å²) in [6.07, 6.45) is 0.395. The van der Waals surface area contributed by atoms with E-state index in [1.165, 1.54) is 0 Å². The molecule has 1 heterocycles. The number of carbonyl (C=O) groups is 2. The first-order valence-corrected chi connectivity index (χ1v) is 4.63. The summed E-state index contributed by atoms with van der Waals surface area (Å²) in [6.45, 7) is 8.13. The van der Waals surface area contributed by atoms with Crippen LogP contribution in [0.5, 0.6) is 0 Å². The van der Waals surface area contributed by atoms with Crippen LogP contribution in [0.15, 0.2) is 0 Å². The van der Waals surface area contributed by atoms with Gasteiger partial charge >= 0.3 is 0 Å². The first-order valence-electron chi connectivity index (χ1n) is 4.63. The molecule has 74 valence electrons. The van der Waals surface area contributed by atoms with Crippen molar-refractivity contribution in [2.24, 2.45) is 5.92 Å². The van der Waals surface area contributed by atoms with E-state index in [0.717, 1.165) is 0 Å². The molecule has 0 saturated carbocycles. The Morgan fingerprint density at radius 1 is 1.46 bits per heavy atom. The van der Waals surface area contributed by atoms with Crippen LogP contribution in [0.25, 0.3) is 0 Å². The highest BCUT2D eigenvalue weighted by Gasteiger charge is 2.37. The molecule has 1 aliphatic heterocycles. The van der Waals surface area contributed by atoms with Gasteiger partial charge in [-0.3, -0.25) is 9.59 Å². The van der Waals surface area contributed by atoms with Crippen LogP contribution < -0.4 is 0 Å². The minimum atomic E-state index is -0.152. The maximum Gasteiger partial charge on any atom is 0.223 e. The predicted molar refractivity (Wildman–Crippen MR) is 50.3 cm³/mol. The van der Waals surface area contributed by atoms with Crippen molar-refractivity contribution in [1.29, 1.82) is 0 Å². The van der Waals surface area contributed by atoms with Crippen LogP contribution in [0, 0.1) is 5.92 Å². The SMILES string of the molecule is CC(=O)C1CC(=O)N(C(C)(C)C)C1. The lowest BCUT2D eigenvalue weighted by Crippen LogP contribution is -2.42. The molecular weight excluding hydrogens is 166 g/mol. The van der Waals surface area contributed by atoms with Gasteiger partial charge in [0.1, 0.15) is 5.78 Å². The van der Waals surface area contributed by atoms with Crippen molar-refractivity contribution in [3.8, 4) is 0 Å². The van der Waals surface area contributed by atoms with Gasteiger partial charge in [0.15, 0.2) is 0 Å². The second kappa shape index (κ2) is 3.13. The molecule has 3 heteroatoms. The number of carbonyl (C=O) groups excluding carboxylic acids is 2. The number of hydrogen-bond acceptors (Lipinski definition) is 2. The van der Waals surface area contributed by atoms with Gasteiger partial charge in [0.2, 0.25) is 5.91 Å². The maximum atomic E-state index is 11.5. The summed E-state index contributed by atoms with van der Waals surface area (Å²) in [5, 5.41) is 0. The Morgan fingerprint density at radius 3 is 2.23 bits per heavy atom. The number of rotatable bonds is 1. The van der Waals surface area contributed by atoms with Crippen molar-refractivity contribution in [3.63, 3.8) is 0 Å². The second-order valence-corrected chi connectivity index (χ2v) is 4.69. The van der Waals surface area contributed by atoms with E-state index in [2.05, 4.69) is 0 Å². The van der Waals surface area contributed by atoms with Gasteiger partial charge in [-0.1, -0.05) is 0 Å². The van der Waals surface area contributed by atoms with E-state index in [-0.39, 0.29) is 23.1 Å². The molecule has 13 heavy (non-hydrogen) atoms. The molecule has 1 saturated heterocycles. The third kappa shape index (κ3) is 2.08. The van der Waals surface area contributed by atoms with E-state index in [0.29, 0.717) is 13.0 Å². The number of hydrogen-bond donors (Lipinski definition) is 0. The molecule has 1 atom stereocenters. The van der Waals surface area contributed by atoms with Gasteiger partial charge in [0.25, 0.3) is 0 Å². The van der Waals surface area contributed by atoms with Crippen LogP contribution in [0.2, 0.25) is 0 Å². The van der Waals surface area contributed by atoms with Gasteiger partial charge < -0.3 is 4.90 Å². The summed E-state index contributed by atoms with van der Waals surface area (Å²) in [5.41, 5.74) is -0.152. The number of likely N-dealkylation sites (tertiary alicyclic amines) is 1. The summed E-state index contributed by atoms with van der Waals surface area (Å²) < 4.78 is 0. The highest BCUT2D eigenvalue weighted by molar-refractivity contribution is 5.89. The fraction of sp³-hybridized carbons (Fsp3) is 0.800. The normalized spacial score (nSPS) is 23.8. The fourth-order valence-corrected chi connectivity index (χ4v) is 1.63. The van der Waals surface area contributed by atoms with Crippen molar-refractivity contribution in [1.82, 2.24) is 4.90 Å². The monoisotopic (exact) mass is 183 g/mol. The first kappa shape index (κ1) is 10.2. The molecular formula is C10H17NO2. The van der Waals surface area contributed by atoms with Crippen molar-refractivity contribution >= 4 is 11.7 Å². The average Bonchev–Trinajstić information content (AvgIpc) is 2.29. The summed E-state index contributed by atoms with van der Waals surface area (Å²) in [6, 6.07) is 0. The van der Waals surface area contributed by atoms with E-state index in [1.807, 2.05) is 20.8 Å². The quantitative estimate of drug-likeness (QED) is 0.613. The number of nitrogens with zero attached hydrogens (tertiary/aromatic N) is 1. The molecule has 1 unspecified atom stereocenters. The molecule has 0 aromatic carbocycles. The molecule has 0 spiro atoms. The van der Waals surface area contributed by atoms with Gasteiger partial charge in [-0.15, -0.1) is 0 Å². The molecule has 1 amide bonds. The highest BCUT2D eigenvalue weighted by atomic mass is 16.2. The fourth-order valence-electron chi connectivity index (χ4n) is 1.63. The van der Waals surface area contributed by atoms with Crippen LogP contribution in [-0.4, -0.2) is 28.7 Å². The third-order valence-corrected chi connectivity index (χ3v) is 2.51. The van der Waals surface area contributed by atoms with Gasteiger partial charge in [-0.2, -0.15) is 0 Å². The van der Waals surface area contributed by atoms with Gasteiger partial charge in [0.05, 0.1) is 0 Å². The van der Waals surface area contributed by atoms with Crippen LogP contribution in [0.1, 0.15) is 34.1 Å². The molecule has 0 aliphatic carbocycles. The van der Waals surface area contributed by atoms with Crippen molar-refractivity contribution in [2.45, 2.75) is 39.7 Å². The maximum absolute atomic E-state index is 11.5. The minimum absolute atomic E-state index is 0.0771. The Hall–Kier alpha value is -0.860. The van der Waals surface area contributed by atoms with Crippen LogP contribution in [0.4, 0.5) is 0 Å². The first-order chi connectivity index (χ1) is 5.82. The zero-order valence-electron chi connectivity index (χ0n) is 8.76. The van der Waals surface area contributed by atoms with E-state index in [1.54, 1.807) is 11.8 Å². The summed E-state index contributed by atoms with van der Waals surface area (Å²) in [7, 11) is 0. The molecule has 1 fully saturated rings. The lowest BCUT2D eigenvalue weighted by atomic mass is 10.0. The van der Waals surface area contributed by atoms with Gasteiger partial charge in [-0.05, 0) is 27.7 Å². The molecule has 3 nitrogen and oxygen atoms in total. The standard InChI is InChI=1S/C10H17NO2/c1-7(12)8-5-9(13)11(6-8)10(2,3)4/h8H,5-6H2,1-4H3. The van der Waals surface area contributed by atoms with Crippen LogP contribution in [0.3, 0.4) is 0 Å². The van der Waals surface area contributed by atoms with Crippen LogP contribution in [-0.2, 0) is 9.59 Å². The minimum Gasteiger partial charge on any atom is -0.337 e. The Morgan fingerprint density at radius 2 is 2.00 bits per heavy atom. The Labute approximate surface area is 79.1 Å². The summed E-state index contributed by atoms with van der Waals surface area (Å²) in [4.78, 5) is 24.4. The molecule has 0 bridgehead atoms. The van der Waals surface area contributed by atoms with E-state index in [4.69, 9.17) is 0 Å². The number of amides is 1. The van der Waals surface area contributed by atoms with Gasteiger partial charge in [0, 0.05) is 24.4 Å². The Balaban J connectivity index is 2.73. The molecule has 0 N–H and O–H groups in total. The third-order valence-electron chi connectivity index (χ3n) is 2.51. The molecule has 1 rings (SSSR count). The van der Waals surface area contributed by atoms with Crippen molar-refractivity contribution in [2.75, 3.05) is 6.54 Å². The Kier molecular flexibility index (Phi) is 2.46. The summed E-state index contributed by atoms with van der Waals surface area (Å²) in [5.74, 6) is 0.152. The molecule has 0 aromatic heterocycles. The van der Waals surface area contributed by atoms with E-state index < -0.39 is 0 Å². The molecule has 1 aliphatic rings. The van der Waals surface area contributed by atoms with Crippen molar-refractivity contribution in [3.05, 3.63) is 0 Å².